The van der Waals surface area contributed by atoms with Crippen molar-refractivity contribution in [3.05, 3.63) is 41.5 Å². The average molecular weight is 217 g/mol. The van der Waals surface area contributed by atoms with E-state index >= 15 is 0 Å². The number of rotatable bonds is 4. The molecule has 0 spiro atoms. The summed E-state index contributed by atoms with van der Waals surface area (Å²) in [6, 6.07) is 7.10. The van der Waals surface area contributed by atoms with Crippen LogP contribution < -0.4 is 11.1 Å². The Morgan fingerprint density at radius 2 is 2.31 bits per heavy atom. The van der Waals surface area contributed by atoms with Gasteiger partial charge in [-0.1, -0.05) is 24.3 Å². The third kappa shape index (κ3) is 3.24. The van der Waals surface area contributed by atoms with Crippen molar-refractivity contribution >= 4 is 17.8 Å². The Bertz CT molecular complexity index is 424. The summed E-state index contributed by atoms with van der Waals surface area (Å²) < 4.78 is 0. The minimum absolute atomic E-state index is 0.401. The number of hydrogen-bond acceptors (Lipinski definition) is 2. The van der Waals surface area contributed by atoms with Crippen LogP contribution in [0.15, 0.2) is 30.3 Å². The normalized spacial score (nSPS) is 10.9. The first-order valence-corrected chi connectivity index (χ1v) is 4.96. The van der Waals surface area contributed by atoms with Gasteiger partial charge in [-0.3, -0.25) is 0 Å². The van der Waals surface area contributed by atoms with Gasteiger partial charge in [-0.05, 0) is 29.7 Å². The molecule has 84 valence electrons. The number of nitrogens with one attached hydrogen (secondary N) is 2. The maximum Gasteiger partial charge on any atom is 0.312 e. The van der Waals surface area contributed by atoms with Gasteiger partial charge in [0, 0.05) is 12.8 Å². The molecule has 0 unspecified atom stereocenters. The summed E-state index contributed by atoms with van der Waals surface area (Å²) in [5.74, 6) is 0. The molecule has 0 bridgehead atoms. The summed E-state index contributed by atoms with van der Waals surface area (Å²) in [6.07, 6.45) is 3.17. The second-order valence-electron chi connectivity index (χ2n) is 3.31. The molecule has 1 rings (SSSR count). The zero-order valence-corrected chi connectivity index (χ0v) is 9.16. The zero-order chi connectivity index (χ0) is 12.0. The van der Waals surface area contributed by atoms with Gasteiger partial charge in [0.1, 0.15) is 0 Å². The highest BCUT2D eigenvalue weighted by Crippen LogP contribution is 2.13. The number of primary amides is 1. The third-order valence-electron chi connectivity index (χ3n) is 2.19. The van der Waals surface area contributed by atoms with Crippen LogP contribution in [-0.2, 0) is 6.54 Å². The van der Waals surface area contributed by atoms with Gasteiger partial charge in [0.2, 0.25) is 0 Å². The third-order valence-corrected chi connectivity index (χ3v) is 2.19. The Morgan fingerprint density at radius 3 is 2.88 bits per heavy atom. The molecule has 0 aromatic heterocycles. The van der Waals surface area contributed by atoms with Crippen LogP contribution in [0.2, 0.25) is 0 Å². The second-order valence-corrected chi connectivity index (χ2v) is 3.31. The maximum atomic E-state index is 10.6. The molecule has 16 heavy (non-hydrogen) atoms. The predicted octanol–water partition coefficient (Wildman–Crippen LogP) is 1.91. The van der Waals surface area contributed by atoms with Crippen LogP contribution in [0, 0.1) is 5.41 Å². The molecule has 4 nitrogen and oxygen atoms in total. The highest BCUT2D eigenvalue weighted by atomic mass is 16.2. The van der Waals surface area contributed by atoms with Crippen LogP contribution in [0.4, 0.5) is 4.79 Å². The Kier molecular flexibility index (Phi) is 4.27. The highest BCUT2D eigenvalue weighted by molar-refractivity contribution is 6.08. The van der Waals surface area contributed by atoms with E-state index in [-0.39, 0.29) is 0 Å². The first kappa shape index (κ1) is 12.0. The van der Waals surface area contributed by atoms with E-state index in [1.807, 2.05) is 37.3 Å². The van der Waals surface area contributed by atoms with Gasteiger partial charge in [-0.2, -0.15) is 0 Å². The van der Waals surface area contributed by atoms with Gasteiger partial charge >= 0.3 is 6.03 Å². The fourth-order valence-electron chi connectivity index (χ4n) is 1.38. The lowest BCUT2D eigenvalue weighted by Gasteiger charge is -2.05. The van der Waals surface area contributed by atoms with Crippen molar-refractivity contribution in [2.75, 3.05) is 0 Å². The van der Waals surface area contributed by atoms with E-state index in [4.69, 9.17) is 11.1 Å². The molecule has 1 aromatic carbocycles. The quantitative estimate of drug-likeness (QED) is 0.662. The van der Waals surface area contributed by atoms with Crippen molar-refractivity contribution in [3.63, 3.8) is 0 Å². The topological polar surface area (TPSA) is 79.0 Å². The van der Waals surface area contributed by atoms with E-state index in [0.29, 0.717) is 6.54 Å². The summed E-state index contributed by atoms with van der Waals surface area (Å²) in [7, 11) is 0. The van der Waals surface area contributed by atoms with Crippen molar-refractivity contribution in [2.45, 2.75) is 13.5 Å². The molecular weight excluding hydrogens is 202 g/mol. The molecule has 4 N–H and O–H groups in total. The van der Waals surface area contributed by atoms with E-state index in [2.05, 4.69) is 5.32 Å². The van der Waals surface area contributed by atoms with Crippen LogP contribution in [-0.4, -0.2) is 12.2 Å². The number of nitrogens with two attached hydrogens (primary N) is 1. The van der Waals surface area contributed by atoms with Crippen molar-refractivity contribution < 1.29 is 4.79 Å². The van der Waals surface area contributed by atoms with Gasteiger partial charge < -0.3 is 16.5 Å². The monoisotopic (exact) mass is 217 g/mol. The Labute approximate surface area is 94.7 Å². The first-order chi connectivity index (χ1) is 7.67. The number of hydrogen-bond donors (Lipinski definition) is 3. The number of amides is 2. The molecule has 4 heteroatoms. The van der Waals surface area contributed by atoms with Crippen molar-refractivity contribution in [2.24, 2.45) is 5.73 Å². The molecule has 0 aliphatic heterocycles. The Balaban J connectivity index is 2.86. The number of carbonyl (C=O) groups excluding carboxylic acids is 1. The smallest absolute Gasteiger partial charge is 0.312 e. The molecular formula is C12H15N3O. The highest BCUT2D eigenvalue weighted by Gasteiger charge is 2.00. The summed E-state index contributed by atoms with van der Waals surface area (Å²) in [6.45, 7) is 2.28. The van der Waals surface area contributed by atoms with Crippen molar-refractivity contribution in [3.8, 4) is 0 Å². The molecule has 0 aliphatic carbocycles. The van der Waals surface area contributed by atoms with Gasteiger partial charge in [0.15, 0.2) is 0 Å². The fourth-order valence-corrected chi connectivity index (χ4v) is 1.38. The van der Waals surface area contributed by atoms with Crippen molar-refractivity contribution in [1.29, 1.82) is 5.41 Å². The SMILES string of the molecule is C/C=C(\C=N)c1cccc(CNC(N)=O)c1. The molecule has 0 atom stereocenters. The number of carbonyl (C=O) groups is 1. The van der Waals surface area contributed by atoms with Crippen LogP contribution in [0.25, 0.3) is 5.57 Å². The largest absolute Gasteiger partial charge is 0.352 e. The van der Waals surface area contributed by atoms with Crippen LogP contribution in [0.1, 0.15) is 18.1 Å². The van der Waals surface area contributed by atoms with Crippen molar-refractivity contribution in [1.82, 2.24) is 5.32 Å². The predicted molar refractivity (Wildman–Crippen MR) is 65.3 cm³/mol. The lowest BCUT2D eigenvalue weighted by atomic mass is 10.0. The lowest BCUT2D eigenvalue weighted by molar-refractivity contribution is 0.248. The van der Waals surface area contributed by atoms with Gasteiger partial charge in [-0.15, -0.1) is 0 Å². The van der Waals surface area contributed by atoms with Crippen LogP contribution in [0.3, 0.4) is 0 Å². The Morgan fingerprint density at radius 1 is 1.56 bits per heavy atom. The van der Waals surface area contributed by atoms with Gasteiger partial charge in [0.25, 0.3) is 0 Å². The van der Waals surface area contributed by atoms with Gasteiger partial charge in [0.05, 0.1) is 0 Å². The molecule has 0 saturated carbocycles. The molecule has 0 radical (unpaired) electrons. The van der Waals surface area contributed by atoms with Crippen LogP contribution >= 0.6 is 0 Å². The first-order valence-electron chi connectivity index (χ1n) is 4.96. The van der Waals surface area contributed by atoms with Crippen LogP contribution in [0.5, 0.6) is 0 Å². The van der Waals surface area contributed by atoms with Gasteiger partial charge in [-0.25, -0.2) is 4.79 Å². The van der Waals surface area contributed by atoms with E-state index in [0.717, 1.165) is 16.7 Å². The maximum absolute atomic E-state index is 10.6. The Hall–Kier alpha value is -2.10. The summed E-state index contributed by atoms with van der Waals surface area (Å²) in [4.78, 5) is 10.6. The van der Waals surface area contributed by atoms with E-state index in [9.17, 15) is 4.79 Å². The average Bonchev–Trinajstić information content (AvgIpc) is 2.29. The molecule has 0 saturated heterocycles. The minimum Gasteiger partial charge on any atom is -0.352 e. The van der Waals surface area contributed by atoms with E-state index in [1.165, 1.54) is 6.21 Å². The molecule has 0 aliphatic rings. The van der Waals surface area contributed by atoms with E-state index < -0.39 is 6.03 Å². The number of allylic oxidation sites excluding steroid dienone is 2. The summed E-state index contributed by atoms with van der Waals surface area (Å²) in [5, 5.41) is 9.78. The second kappa shape index (κ2) is 5.70. The number of benzene rings is 1. The van der Waals surface area contributed by atoms with E-state index in [1.54, 1.807) is 0 Å². The lowest BCUT2D eigenvalue weighted by Crippen LogP contribution is -2.28. The minimum atomic E-state index is -0.538. The standard InChI is InChI=1S/C12H15N3O/c1-2-10(7-13)11-5-3-4-9(6-11)8-15-12(14)16/h2-7,13H,8H2,1H3,(H3,14,15,16)/b10-2+,13-7?. The summed E-state index contributed by atoms with van der Waals surface area (Å²) in [5.41, 5.74) is 7.76. The number of urea groups is 1. The zero-order valence-electron chi connectivity index (χ0n) is 9.16. The molecule has 1 aromatic rings. The fraction of sp³-hybridized carbons (Fsp3) is 0.167. The molecule has 0 fully saturated rings. The molecule has 0 heterocycles. The molecule has 2 amide bonds. The summed E-state index contributed by atoms with van der Waals surface area (Å²) >= 11 is 0.